The molecule has 0 bridgehead atoms. The fraction of sp³-hybridized carbons (Fsp3) is 0.600. The molecule has 1 fully saturated rings. The Kier molecular flexibility index (Phi) is 3.97. The Hall–Kier alpha value is -2.04. The molecule has 1 aromatic heterocycles. The number of amides is 1. The van der Waals surface area contributed by atoms with Gasteiger partial charge in [-0.05, 0) is 0 Å². The predicted molar refractivity (Wildman–Crippen MR) is 61.1 cm³/mol. The number of rotatable bonds is 4. The summed E-state index contributed by atoms with van der Waals surface area (Å²) in [6, 6.07) is 0. The van der Waals surface area contributed by atoms with Gasteiger partial charge < -0.3 is 25.4 Å². The quantitative estimate of drug-likeness (QED) is 0.516. The van der Waals surface area contributed by atoms with Crippen molar-refractivity contribution >= 4 is 11.9 Å². The molecule has 20 heavy (non-hydrogen) atoms. The summed E-state index contributed by atoms with van der Waals surface area (Å²) in [7, 11) is 0. The highest BCUT2D eigenvalue weighted by Gasteiger charge is 2.44. The molecule has 110 valence electrons. The van der Waals surface area contributed by atoms with Gasteiger partial charge in [-0.15, -0.1) is 5.10 Å². The number of hydrogen-bond donors (Lipinski definition) is 3. The number of nitrogens with zero attached hydrogens (tertiary/aromatic N) is 3. The number of ether oxygens (including phenoxy) is 2. The summed E-state index contributed by atoms with van der Waals surface area (Å²) >= 11 is 0. The lowest BCUT2D eigenvalue weighted by Gasteiger charge is -2.13. The standard InChI is InChI=1S/C10H14N4O6/c1-4(15)19-2-5-6(16)7(17)10(20-5)14-3-12-9(13-14)8(11)18/h3,5-7,10,16-17H,2H2,1H3,(H2,11,18)/t5-,6+,7-,10-/m0/s1. The van der Waals surface area contributed by atoms with Gasteiger partial charge in [-0.1, -0.05) is 0 Å². The summed E-state index contributed by atoms with van der Waals surface area (Å²) in [5.41, 5.74) is 5.01. The van der Waals surface area contributed by atoms with Crippen LogP contribution in [-0.4, -0.2) is 61.8 Å². The van der Waals surface area contributed by atoms with Gasteiger partial charge in [-0.2, -0.15) is 0 Å². The molecular weight excluding hydrogens is 272 g/mol. The maximum atomic E-state index is 10.9. The molecule has 1 amide bonds. The lowest BCUT2D eigenvalue weighted by molar-refractivity contribution is -0.147. The molecule has 2 heterocycles. The van der Waals surface area contributed by atoms with Crippen molar-refractivity contribution in [3.8, 4) is 0 Å². The minimum absolute atomic E-state index is 0.207. The first-order chi connectivity index (χ1) is 9.40. The molecular formula is C10H14N4O6. The van der Waals surface area contributed by atoms with E-state index in [9.17, 15) is 19.8 Å². The first-order valence-electron chi connectivity index (χ1n) is 5.76. The molecule has 1 aromatic rings. The number of aliphatic hydroxyl groups excluding tert-OH is 2. The number of aromatic nitrogens is 3. The molecule has 10 heteroatoms. The zero-order valence-corrected chi connectivity index (χ0v) is 10.5. The summed E-state index contributed by atoms with van der Waals surface area (Å²) < 4.78 is 11.1. The minimum Gasteiger partial charge on any atom is -0.463 e. The summed E-state index contributed by atoms with van der Waals surface area (Å²) in [6.45, 7) is 1.01. The zero-order valence-electron chi connectivity index (χ0n) is 10.5. The fourth-order valence-corrected chi connectivity index (χ4v) is 1.80. The maximum absolute atomic E-state index is 10.9. The Morgan fingerprint density at radius 1 is 1.50 bits per heavy atom. The van der Waals surface area contributed by atoms with Crippen molar-refractivity contribution in [3.05, 3.63) is 12.2 Å². The molecule has 10 nitrogen and oxygen atoms in total. The maximum Gasteiger partial charge on any atom is 0.302 e. The van der Waals surface area contributed by atoms with Gasteiger partial charge in [-0.3, -0.25) is 9.59 Å². The summed E-state index contributed by atoms with van der Waals surface area (Å²) in [5.74, 6) is -1.59. The van der Waals surface area contributed by atoms with E-state index in [0.717, 1.165) is 11.0 Å². The predicted octanol–water partition coefficient (Wildman–Crippen LogP) is -2.44. The van der Waals surface area contributed by atoms with Crippen LogP contribution in [-0.2, 0) is 14.3 Å². The zero-order chi connectivity index (χ0) is 14.9. The normalized spacial score (nSPS) is 29.4. The van der Waals surface area contributed by atoms with E-state index in [1.807, 2.05) is 0 Å². The summed E-state index contributed by atoms with van der Waals surface area (Å²) in [6.07, 6.45) is -3.38. The average molecular weight is 286 g/mol. The highest BCUT2D eigenvalue weighted by molar-refractivity contribution is 5.88. The molecule has 4 atom stereocenters. The van der Waals surface area contributed by atoms with Crippen LogP contribution in [0, 0.1) is 0 Å². The van der Waals surface area contributed by atoms with Crippen LogP contribution in [0.5, 0.6) is 0 Å². The molecule has 0 radical (unpaired) electrons. The first kappa shape index (κ1) is 14.4. The Morgan fingerprint density at radius 3 is 2.75 bits per heavy atom. The van der Waals surface area contributed by atoms with Gasteiger partial charge in [0.2, 0.25) is 5.82 Å². The van der Waals surface area contributed by atoms with Crippen LogP contribution in [0.25, 0.3) is 0 Å². The van der Waals surface area contributed by atoms with Gasteiger partial charge >= 0.3 is 5.97 Å². The summed E-state index contributed by atoms with van der Waals surface area (Å²) in [4.78, 5) is 25.2. The SMILES string of the molecule is CC(=O)OC[C@@H]1O[C@H](n2cnc(C(N)=O)n2)[C@@H](O)[C@@H]1O. The van der Waals surface area contributed by atoms with Crippen LogP contribution in [0.1, 0.15) is 23.8 Å². The number of esters is 1. The Bertz CT molecular complexity index is 518. The fourth-order valence-electron chi connectivity index (χ4n) is 1.80. The second-order valence-corrected chi connectivity index (χ2v) is 4.26. The monoisotopic (exact) mass is 286 g/mol. The average Bonchev–Trinajstić information content (AvgIpc) is 2.95. The largest absolute Gasteiger partial charge is 0.463 e. The number of aliphatic hydroxyl groups is 2. The van der Waals surface area contributed by atoms with Gasteiger partial charge in [0, 0.05) is 6.92 Å². The molecule has 0 saturated carbocycles. The topological polar surface area (TPSA) is 150 Å². The molecule has 1 aliphatic heterocycles. The van der Waals surface area contributed by atoms with E-state index < -0.39 is 36.4 Å². The van der Waals surface area contributed by atoms with Gasteiger partial charge in [0.15, 0.2) is 6.23 Å². The molecule has 1 saturated heterocycles. The van der Waals surface area contributed by atoms with E-state index in [-0.39, 0.29) is 12.4 Å². The van der Waals surface area contributed by atoms with Crippen molar-refractivity contribution in [1.29, 1.82) is 0 Å². The van der Waals surface area contributed by atoms with Crippen LogP contribution in [0.15, 0.2) is 6.33 Å². The number of carbonyl (C=O) groups is 2. The molecule has 0 spiro atoms. The van der Waals surface area contributed by atoms with E-state index in [2.05, 4.69) is 10.1 Å². The molecule has 1 aliphatic rings. The van der Waals surface area contributed by atoms with Gasteiger partial charge in [0.1, 0.15) is 31.2 Å². The molecule has 0 unspecified atom stereocenters. The Morgan fingerprint density at radius 2 is 2.20 bits per heavy atom. The first-order valence-corrected chi connectivity index (χ1v) is 5.76. The van der Waals surface area contributed by atoms with Gasteiger partial charge in [0.25, 0.3) is 5.91 Å². The van der Waals surface area contributed by atoms with E-state index in [1.165, 1.54) is 6.92 Å². The Balaban J connectivity index is 2.08. The van der Waals surface area contributed by atoms with E-state index in [4.69, 9.17) is 15.2 Å². The third-order valence-corrected chi connectivity index (χ3v) is 2.78. The van der Waals surface area contributed by atoms with Crippen LogP contribution in [0.3, 0.4) is 0 Å². The summed E-state index contributed by atoms with van der Waals surface area (Å²) in [5, 5.41) is 23.4. The van der Waals surface area contributed by atoms with Gasteiger partial charge in [-0.25, -0.2) is 9.67 Å². The molecule has 2 rings (SSSR count). The third-order valence-electron chi connectivity index (χ3n) is 2.78. The van der Waals surface area contributed by atoms with Crippen LogP contribution < -0.4 is 5.73 Å². The lowest BCUT2D eigenvalue weighted by Crippen LogP contribution is -2.34. The Labute approximate surface area is 113 Å². The van der Waals surface area contributed by atoms with Crippen molar-refractivity contribution in [2.24, 2.45) is 5.73 Å². The number of hydrogen-bond acceptors (Lipinski definition) is 8. The highest BCUT2D eigenvalue weighted by Crippen LogP contribution is 2.28. The molecule has 0 aromatic carbocycles. The lowest BCUT2D eigenvalue weighted by atomic mass is 10.1. The van der Waals surface area contributed by atoms with Crippen molar-refractivity contribution in [2.45, 2.75) is 31.5 Å². The van der Waals surface area contributed by atoms with Crippen LogP contribution in [0.2, 0.25) is 0 Å². The minimum atomic E-state index is -1.31. The molecule has 0 aliphatic carbocycles. The highest BCUT2D eigenvalue weighted by atomic mass is 16.6. The van der Waals surface area contributed by atoms with E-state index in [0.29, 0.717) is 0 Å². The molecule has 4 N–H and O–H groups in total. The number of primary amides is 1. The third kappa shape index (κ3) is 2.76. The number of carbonyl (C=O) groups excluding carboxylic acids is 2. The van der Waals surface area contributed by atoms with Crippen molar-refractivity contribution < 1.29 is 29.3 Å². The van der Waals surface area contributed by atoms with Crippen LogP contribution in [0.4, 0.5) is 0 Å². The van der Waals surface area contributed by atoms with Gasteiger partial charge in [0.05, 0.1) is 0 Å². The van der Waals surface area contributed by atoms with Crippen molar-refractivity contribution in [2.75, 3.05) is 6.61 Å². The van der Waals surface area contributed by atoms with Crippen molar-refractivity contribution in [3.63, 3.8) is 0 Å². The van der Waals surface area contributed by atoms with E-state index >= 15 is 0 Å². The van der Waals surface area contributed by atoms with Crippen molar-refractivity contribution in [1.82, 2.24) is 14.8 Å². The smallest absolute Gasteiger partial charge is 0.302 e. The number of nitrogens with two attached hydrogens (primary N) is 1. The van der Waals surface area contributed by atoms with Crippen LogP contribution >= 0.6 is 0 Å². The second kappa shape index (κ2) is 5.53. The second-order valence-electron chi connectivity index (χ2n) is 4.26. The van der Waals surface area contributed by atoms with E-state index in [1.54, 1.807) is 0 Å².